The summed E-state index contributed by atoms with van der Waals surface area (Å²) in [5.41, 5.74) is 2.24. The van der Waals surface area contributed by atoms with E-state index < -0.39 is 12.1 Å². The van der Waals surface area contributed by atoms with Gasteiger partial charge in [0.1, 0.15) is 23.9 Å². The van der Waals surface area contributed by atoms with Gasteiger partial charge in [-0.3, -0.25) is 14.3 Å². The summed E-state index contributed by atoms with van der Waals surface area (Å²) in [6.45, 7) is 6.56. The topological polar surface area (TPSA) is 141 Å². The van der Waals surface area contributed by atoms with Crippen LogP contribution in [0.4, 0.5) is 0 Å². The number of hydrogen-bond donors (Lipinski definition) is 4. The Labute approximate surface area is 289 Å². The van der Waals surface area contributed by atoms with E-state index in [1.807, 2.05) is 38.1 Å². The molecule has 4 rings (SSSR count). The number of aryl methyl sites for hydroxylation is 1. The zero-order valence-electron chi connectivity index (χ0n) is 29.2. The lowest BCUT2D eigenvalue weighted by Gasteiger charge is -2.23. The fourth-order valence-corrected chi connectivity index (χ4v) is 7.11. The zero-order chi connectivity index (χ0) is 34.8. The van der Waals surface area contributed by atoms with Gasteiger partial charge in [0, 0.05) is 22.2 Å². The lowest BCUT2D eigenvalue weighted by molar-refractivity contribution is -0.143. The fraction of sp³-hybridized carbons (Fsp3) is 0.622. The number of benzene rings is 1. The Morgan fingerprint density at radius 1 is 1.21 bits per heavy atom. The van der Waals surface area contributed by atoms with Gasteiger partial charge in [-0.25, -0.2) is 4.98 Å². The van der Waals surface area contributed by atoms with E-state index in [4.69, 9.17) is 9.72 Å². The molecule has 2 aromatic rings. The smallest absolute Gasteiger partial charge is 0.252 e. The van der Waals surface area contributed by atoms with Crippen molar-refractivity contribution in [2.75, 3.05) is 20.7 Å². The number of aromatic nitrogens is 1. The van der Waals surface area contributed by atoms with Gasteiger partial charge in [0.05, 0.1) is 30.4 Å². The molecule has 0 spiro atoms. The molecular formula is C37H54N4O6S. The van der Waals surface area contributed by atoms with Crippen molar-refractivity contribution in [3.05, 3.63) is 41.6 Å². The maximum absolute atomic E-state index is 13.2. The van der Waals surface area contributed by atoms with Crippen molar-refractivity contribution in [3.8, 4) is 11.5 Å². The first kappa shape index (κ1) is 37.7. The van der Waals surface area contributed by atoms with Crippen molar-refractivity contribution in [2.24, 2.45) is 5.92 Å². The van der Waals surface area contributed by atoms with Gasteiger partial charge in [0.15, 0.2) is 0 Å². The predicted molar refractivity (Wildman–Crippen MR) is 191 cm³/mol. The third-order valence-corrected chi connectivity index (χ3v) is 10.9. The first-order valence-corrected chi connectivity index (χ1v) is 18.2. The molecule has 0 bridgehead atoms. The van der Waals surface area contributed by atoms with Crippen LogP contribution in [0.1, 0.15) is 102 Å². The second-order valence-corrected chi connectivity index (χ2v) is 15.3. The molecule has 1 aromatic heterocycles. The van der Waals surface area contributed by atoms with Gasteiger partial charge in [-0.2, -0.15) is 0 Å². The van der Waals surface area contributed by atoms with Gasteiger partial charge >= 0.3 is 0 Å². The summed E-state index contributed by atoms with van der Waals surface area (Å²) in [6.07, 6.45) is 12.2. The van der Waals surface area contributed by atoms with Crippen LogP contribution in [-0.4, -0.2) is 81.8 Å². The summed E-state index contributed by atoms with van der Waals surface area (Å²) in [6, 6.07) is 4.83. The average Bonchev–Trinajstić information content (AvgIpc) is 3.68. The van der Waals surface area contributed by atoms with Crippen molar-refractivity contribution < 1.29 is 29.3 Å². The highest BCUT2D eigenvalue weighted by atomic mass is 32.2. The molecule has 1 aliphatic heterocycles. The van der Waals surface area contributed by atoms with E-state index in [9.17, 15) is 24.6 Å². The Kier molecular flexibility index (Phi) is 13.7. The maximum Gasteiger partial charge on any atom is 0.252 e. The quantitative estimate of drug-likeness (QED) is 0.0647. The number of nitrogens with one attached hydrogen (secondary N) is 2. The van der Waals surface area contributed by atoms with Crippen LogP contribution < -0.4 is 14.8 Å². The van der Waals surface area contributed by atoms with Gasteiger partial charge in [-0.15, -0.1) is 0 Å². The molecule has 1 saturated heterocycles. The van der Waals surface area contributed by atoms with Gasteiger partial charge < -0.3 is 30.0 Å². The summed E-state index contributed by atoms with van der Waals surface area (Å²) < 4.78 is 8.60. The number of carbonyl (C=O) groups is 3. The number of fused-ring (bicyclic) bond motifs is 1. The van der Waals surface area contributed by atoms with Crippen LogP contribution in [0.2, 0.25) is 0 Å². The minimum atomic E-state index is -1.14. The molecule has 2 aliphatic rings. The van der Waals surface area contributed by atoms with Gasteiger partial charge in [0.25, 0.3) is 5.91 Å². The Morgan fingerprint density at radius 3 is 2.65 bits per heavy atom. The number of unbranched alkanes of at least 4 members (excludes halogenated alkanes) is 3. The van der Waals surface area contributed by atoms with Gasteiger partial charge in [-0.1, -0.05) is 38.8 Å². The van der Waals surface area contributed by atoms with E-state index in [2.05, 4.69) is 23.0 Å². The van der Waals surface area contributed by atoms with Crippen LogP contribution in [0.25, 0.3) is 10.9 Å². The highest BCUT2D eigenvalue weighted by Crippen LogP contribution is 2.46. The molecule has 2 heterocycles. The van der Waals surface area contributed by atoms with Crippen LogP contribution in [0.15, 0.2) is 30.4 Å². The van der Waals surface area contributed by atoms with Crippen molar-refractivity contribution in [3.63, 3.8) is 0 Å². The second kappa shape index (κ2) is 17.5. The highest BCUT2D eigenvalue weighted by Gasteiger charge is 2.39. The molecule has 4 atom stereocenters. The highest BCUT2D eigenvalue weighted by molar-refractivity contribution is 7.99. The van der Waals surface area contributed by atoms with Crippen LogP contribution in [0, 0.1) is 5.92 Å². The van der Waals surface area contributed by atoms with E-state index in [0.29, 0.717) is 56.5 Å². The van der Waals surface area contributed by atoms with Crippen molar-refractivity contribution in [1.82, 2.24) is 19.9 Å². The minimum absolute atomic E-state index is 0.00279. The summed E-state index contributed by atoms with van der Waals surface area (Å²) in [5, 5.41) is 25.8. The molecule has 11 heteroatoms. The summed E-state index contributed by atoms with van der Waals surface area (Å²) in [4.78, 5) is 43.8. The lowest BCUT2D eigenvalue weighted by Crippen LogP contribution is -2.43. The molecule has 3 unspecified atom stereocenters. The molecule has 2 fully saturated rings. The third kappa shape index (κ3) is 9.95. The fourth-order valence-electron chi connectivity index (χ4n) is 6.32. The number of amides is 2. The van der Waals surface area contributed by atoms with Crippen molar-refractivity contribution >= 4 is 41.0 Å². The second-order valence-electron chi connectivity index (χ2n) is 13.9. The number of likely N-dealkylation sites (tertiary alicyclic amines) is 1. The molecule has 1 saturated carbocycles. The lowest BCUT2D eigenvalue weighted by atomic mass is 9.93. The van der Waals surface area contributed by atoms with Gasteiger partial charge in [-0.05, 0) is 114 Å². The van der Waals surface area contributed by atoms with E-state index in [1.165, 1.54) is 16.8 Å². The SMILES string of the molecule is CNC(C/C=C\CCCCC[C@H](O)C(=O)N1CC(CCc2c(O)c(C(C)C)nc3ccc(OC)cc23)CC1C=O)C(=O)NSC1(C)CC1. The first-order chi connectivity index (χ1) is 23.0. The number of ether oxygens (including phenoxy) is 1. The third-order valence-electron chi connectivity index (χ3n) is 9.71. The molecule has 10 nitrogen and oxygen atoms in total. The van der Waals surface area contributed by atoms with Crippen LogP contribution >= 0.6 is 11.9 Å². The number of carbonyl (C=O) groups excluding carboxylic acids is 3. The molecule has 264 valence electrons. The van der Waals surface area contributed by atoms with Crippen LogP contribution in [0.3, 0.4) is 0 Å². The number of aliphatic hydroxyl groups excluding tert-OH is 1. The number of allylic oxidation sites excluding steroid dienone is 1. The van der Waals surface area contributed by atoms with Crippen molar-refractivity contribution in [1.29, 1.82) is 0 Å². The monoisotopic (exact) mass is 682 g/mol. The molecule has 2 amide bonds. The van der Waals surface area contributed by atoms with Gasteiger partial charge in [0.2, 0.25) is 5.91 Å². The first-order valence-electron chi connectivity index (χ1n) is 17.4. The van der Waals surface area contributed by atoms with Crippen molar-refractivity contribution in [2.45, 2.75) is 120 Å². The number of aliphatic hydroxyl groups is 1. The molecule has 1 aliphatic carbocycles. The minimum Gasteiger partial charge on any atom is -0.506 e. The Bertz CT molecular complexity index is 1440. The Balaban J connectivity index is 1.21. The number of aldehydes is 1. The van der Waals surface area contributed by atoms with Crippen LogP contribution in [-0.2, 0) is 20.8 Å². The number of methoxy groups -OCH3 is 1. The molecule has 1 aromatic carbocycles. The number of aromatic hydroxyl groups is 1. The normalized spacial score (nSPS) is 19.9. The summed E-state index contributed by atoms with van der Waals surface area (Å²) in [5.74, 6) is 0.599. The Morgan fingerprint density at radius 2 is 1.98 bits per heavy atom. The Hall–Kier alpha value is -3.15. The number of pyridine rings is 1. The summed E-state index contributed by atoms with van der Waals surface area (Å²) >= 11 is 1.52. The molecule has 48 heavy (non-hydrogen) atoms. The van der Waals surface area contributed by atoms with Crippen LogP contribution in [0.5, 0.6) is 11.5 Å². The summed E-state index contributed by atoms with van der Waals surface area (Å²) in [7, 11) is 3.40. The van der Waals surface area contributed by atoms with E-state index in [1.54, 1.807) is 14.2 Å². The maximum atomic E-state index is 13.2. The predicted octanol–water partition coefficient (Wildman–Crippen LogP) is 5.58. The average molecular weight is 683 g/mol. The molecular weight excluding hydrogens is 628 g/mol. The molecule has 0 radical (unpaired) electrons. The number of nitrogens with zero attached hydrogens (tertiary/aromatic N) is 2. The number of likely N-dealkylation sites (N-methyl/N-ethyl adjacent to an activating group) is 1. The van der Waals surface area contributed by atoms with E-state index in [0.717, 1.165) is 54.9 Å². The molecule has 4 N–H and O–H groups in total. The number of hydrogen-bond acceptors (Lipinski definition) is 9. The van der Waals surface area contributed by atoms with E-state index in [-0.39, 0.29) is 40.2 Å². The standard InChI is InChI=1S/C37H54N4O6S/c1-24(2)33-34(44)28(29-21-27(47-5)15-17-30(29)39-33)16-14-25-20-26(23-42)41(22-25)36(46)32(43)13-11-9-7-6-8-10-12-31(38-4)35(45)40-48-37(3)18-19-37/h8,10,15,17,21,23-26,31-32,38,43-44H,6-7,9,11-14,16,18-20,22H2,1-5H3,(H,40,45)/b10-8-/t25?,26?,31?,32-/m0/s1. The largest absolute Gasteiger partial charge is 0.506 e. The van der Waals surface area contributed by atoms with E-state index >= 15 is 0 Å². The number of rotatable bonds is 19. The zero-order valence-corrected chi connectivity index (χ0v) is 30.0.